The maximum absolute atomic E-state index is 11.6. The minimum atomic E-state index is -0.695. The zero-order valence-corrected chi connectivity index (χ0v) is 16.9. The molecule has 0 saturated heterocycles. The molecule has 2 aliphatic carbocycles. The first-order valence-corrected chi connectivity index (χ1v) is 9.78. The number of ether oxygens (including phenoxy) is 1. The molecule has 142 valence electrons. The van der Waals surface area contributed by atoms with Crippen LogP contribution in [-0.4, -0.2) is 23.3 Å². The normalized spacial score (nSPS) is 38.4. The first-order valence-electron chi connectivity index (χ1n) is 9.78. The molecule has 2 rings (SSSR count). The maximum Gasteiger partial charge on any atom is 0.330 e. The lowest BCUT2D eigenvalue weighted by atomic mass is 9.45. The van der Waals surface area contributed by atoms with Crippen molar-refractivity contribution in [3.8, 4) is 0 Å². The van der Waals surface area contributed by atoms with E-state index in [0.29, 0.717) is 17.9 Å². The number of esters is 1. The minimum Gasteiger partial charge on any atom is -0.463 e. The molecular formula is C22H36O3. The molecule has 2 saturated carbocycles. The molecule has 0 bridgehead atoms. The summed E-state index contributed by atoms with van der Waals surface area (Å²) in [6, 6.07) is 0. The third-order valence-corrected chi connectivity index (χ3v) is 6.78. The van der Waals surface area contributed by atoms with E-state index in [1.807, 2.05) is 26.8 Å². The molecule has 0 heterocycles. The topological polar surface area (TPSA) is 46.5 Å². The van der Waals surface area contributed by atoms with Crippen molar-refractivity contribution in [1.29, 1.82) is 0 Å². The third-order valence-electron chi connectivity index (χ3n) is 6.78. The van der Waals surface area contributed by atoms with E-state index < -0.39 is 5.60 Å². The Hall–Kier alpha value is -1.09. The molecule has 3 nitrogen and oxygen atoms in total. The largest absolute Gasteiger partial charge is 0.463 e. The zero-order valence-electron chi connectivity index (χ0n) is 16.9. The summed E-state index contributed by atoms with van der Waals surface area (Å²) in [6.07, 6.45) is 11.3. The van der Waals surface area contributed by atoms with E-state index in [-0.39, 0.29) is 17.3 Å². The van der Waals surface area contributed by atoms with Crippen molar-refractivity contribution < 1.29 is 14.6 Å². The van der Waals surface area contributed by atoms with Crippen LogP contribution in [0, 0.1) is 22.7 Å². The molecule has 1 N–H and O–H groups in total. The summed E-state index contributed by atoms with van der Waals surface area (Å²) in [4.78, 5) is 11.6. The first-order chi connectivity index (χ1) is 11.5. The molecule has 0 unspecified atom stereocenters. The minimum absolute atomic E-state index is 0.101. The van der Waals surface area contributed by atoms with Crippen LogP contribution >= 0.6 is 0 Å². The molecule has 0 aromatic heterocycles. The summed E-state index contributed by atoms with van der Waals surface area (Å²) < 4.78 is 4.98. The number of rotatable bonds is 4. The van der Waals surface area contributed by atoms with Gasteiger partial charge in [-0.25, -0.2) is 4.79 Å². The van der Waals surface area contributed by atoms with Crippen LogP contribution in [0.2, 0.25) is 0 Å². The van der Waals surface area contributed by atoms with Gasteiger partial charge in [0.05, 0.1) is 12.2 Å². The molecule has 0 spiro atoms. The highest BCUT2D eigenvalue weighted by Crippen LogP contribution is 2.62. The molecule has 0 aromatic carbocycles. The average Bonchev–Trinajstić information content (AvgIpc) is 2.44. The number of allylic oxidation sites excluding steroid dienone is 2. The molecule has 2 fully saturated rings. The Bertz CT molecular complexity index is 556. The van der Waals surface area contributed by atoms with Crippen LogP contribution < -0.4 is 0 Å². The van der Waals surface area contributed by atoms with Gasteiger partial charge in [0.1, 0.15) is 0 Å². The molecule has 0 aromatic rings. The zero-order chi connectivity index (χ0) is 18.9. The summed E-state index contributed by atoms with van der Waals surface area (Å²) in [5.41, 5.74) is 0.602. The molecule has 4 atom stereocenters. The van der Waals surface area contributed by atoms with Crippen LogP contribution in [0.5, 0.6) is 0 Å². The van der Waals surface area contributed by atoms with Gasteiger partial charge in [0.2, 0.25) is 0 Å². The number of hydrogen-bond acceptors (Lipinski definition) is 3. The van der Waals surface area contributed by atoms with E-state index in [1.54, 1.807) is 0 Å². The van der Waals surface area contributed by atoms with E-state index in [1.165, 1.54) is 18.9 Å². The predicted octanol–water partition coefficient (Wildman–Crippen LogP) is 5.05. The SMILES string of the molecule is CCOC(=O)C=C(C)C=C[C@@H]1[C@@]2(C)CCCC(C)(C)[C@@H]2CC[C@]1(C)O. The Morgan fingerprint density at radius 2 is 1.88 bits per heavy atom. The van der Waals surface area contributed by atoms with E-state index in [0.717, 1.165) is 24.8 Å². The van der Waals surface area contributed by atoms with Gasteiger partial charge in [0, 0.05) is 12.0 Å². The van der Waals surface area contributed by atoms with Crippen LogP contribution in [0.4, 0.5) is 0 Å². The summed E-state index contributed by atoms with van der Waals surface area (Å²) in [5.74, 6) is 0.421. The first kappa shape index (κ1) is 20.2. The lowest BCUT2D eigenvalue weighted by Crippen LogP contribution is -2.56. The number of carbonyl (C=O) groups excluding carboxylic acids is 1. The summed E-state index contributed by atoms with van der Waals surface area (Å²) in [5, 5.41) is 11.1. The Labute approximate surface area is 153 Å². The standard InChI is InChI=1S/C22H36O3/c1-7-25-19(23)15-16(2)9-10-18-21(5)13-8-12-20(3,4)17(21)11-14-22(18,6)24/h9-10,15,17-18,24H,7-8,11-14H2,1-6H3/t17-,18+,21-,22-/m0/s1. The van der Waals surface area contributed by atoms with Gasteiger partial charge in [-0.3, -0.25) is 0 Å². The van der Waals surface area contributed by atoms with Crippen LogP contribution in [-0.2, 0) is 9.53 Å². The smallest absolute Gasteiger partial charge is 0.330 e. The van der Waals surface area contributed by atoms with Gasteiger partial charge in [-0.1, -0.05) is 39.3 Å². The third kappa shape index (κ3) is 4.19. The van der Waals surface area contributed by atoms with Gasteiger partial charge in [-0.05, 0) is 68.8 Å². The van der Waals surface area contributed by atoms with Crippen LogP contribution in [0.25, 0.3) is 0 Å². The lowest BCUT2D eigenvalue weighted by molar-refractivity contribution is -0.149. The fourth-order valence-corrected chi connectivity index (χ4v) is 5.65. The quantitative estimate of drug-likeness (QED) is 0.439. The van der Waals surface area contributed by atoms with Crippen molar-refractivity contribution >= 4 is 5.97 Å². The monoisotopic (exact) mass is 348 g/mol. The lowest BCUT2D eigenvalue weighted by Gasteiger charge is -2.60. The van der Waals surface area contributed by atoms with E-state index in [4.69, 9.17) is 4.74 Å². The van der Waals surface area contributed by atoms with Crippen molar-refractivity contribution in [3.63, 3.8) is 0 Å². The van der Waals surface area contributed by atoms with Crippen LogP contribution in [0.1, 0.15) is 73.6 Å². The fraction of sp³-hybridized carbons (Fsp3) is 0.773. The highest BCUT2D eigenvalue weighted by atomic mass is 16.5. The van der Waals surface area contributed by atoms with Gasteiger partial charge >= 0.3 is 5.97 Å². The van der Waals surface area contributed by atoms with E-state index in [2.05, 4.69) is 26.8 Å². The van der Waals surface area contributed by atoms with Crippen LogP contribution in [0.3, 0.4) is 0 Å². The Morgan fingerprint density at radius 1 is 1.20 bits per heavy atom. The van der Waals surface area contributed by atoms with Crippen LogP contribution in [0.15, 0.2) is 23.8 Å². The Balaban J connectivity index is 2.29. The van der Waals surface area contributed by atoms with Gasteiger partial charge in [-0.2, -0.15) is 0 Å². The second kappa shape index (κ2) is 7.26. The van der Waals surface area contributed by atoms with E-state index in [9.17, 15) is 9.90 Å². The predicted molar refractivity (Wildman–Crippen MR) is 102 cm³/mol. The summed E-state index contributed by atoms with van der Waals surface area (Å²) in [7, 11) is 0. The van der Waals surface area contributed by atoms with Crippen molar-refractivity contribution in [2.24, 2.45) is 22.7 Å². The molecule has 25 heavy (non-hydrogen) atoms. The van der Waals surface area contributed by atoms with Crippen molar-refractivity contribution in [2.45, 2.75) is 79.2 Å². The number of hydrogen-bond donors (Lipinski definition) is 1. The highest BCUT2D eigenvalue weighted by Gasteiger charge is 2.57. The fourth-order valence-electron chi connectivity index (χ4n) is 5.65. The van der Waals surface area contributed by atoms with Gasteiger partial charge in [-0.15, -0.1) is 0 Å². The molecule has 0 amide bonds. The highest BCUT2D eigenvalue weighted by molar-refractivity contribution is 5.83. The second-order valence-corrected chi connectivity index (χ2v) is 9.27. The second-order valence-electron chi connectivity index (χ2n) is 9.27. The van der Waals surface area contributed by atoms with Gasteiger partial charge in [0.15, 0.2) is 0 Å². The number of carbonyl (C=O) groups is 1. The Kier molecular flexibility index (Phi) is 5.88. The van der Waals surface area contributed by atoms with Crippen molar-refractivity contribution in [1.82, 2.24) is 0 Å². The van der Waals surface area contributed by atoms with Crippen molar-refractivity contribution in [2.75, 3.05) is 6.61 Å². The van der Waals surface area contributed by atoms with Gasteiger partial charge < -0.3 is 9.84 Å². The van der Waals surface area contributed by atoms with Gasteiger partial charge in [0.25, 0.3) is 0 Å². The van der Waals surface area contributed by atoms with E-state index >= 15 is 0 Å². The Morgan fingerprint density at radius 3 is 2.52 bits per heavy atom. The summed E-state index contributed by atoms with van der Waals surface area (Å²) >= 11 is 0. The molecule has 2 aliphatic rings. The molecule has 0 aliphatic heterocycles. The number of fused-ring (bicyclic) bond motifs is 1. The van der Waals surface area contributed by atoms with Crippen molar-refractivity contribution in [3.05, 3.63) is 23.8 Å². The molecule has 3 heteroatoms. The summed E-state index contributed by atoms with van der Waals surface area (Å²) in [6.45, 7) is 13.2. The average molecular weight is 349 g/mol. The maximum atomic E-state index is 11.6. The molecular weight excluding hydrogens is 312 g/mol. The number of aliphatic hydroxyl groups is 1. The molecule has 0 radical (unpaired) electrons.